The number of rotatable bonds is 6. The van der Waals surface area contributed by atoms with Crippen LogP contribution in [0.4, 0.5) is 4.39 Å². The van der Waals surface area contributed by atoms with Crippen LogP contribution < -0.4 is 10.1 Å². The van der Waals surface area contributed by atoms with Crippen molar-refractivity contribution in [2.75, 3.05) is 0 Å². The van der Waals surface area contributed by atoms with Gasteiger partial charge in [-0.1, -0.05) is 38.8 Å². The summed E-state index contributed by atoms with van der Waals surface area (Å²) in [5.74, 6) is 0.797. The smallest absolute Gasteiger partial charge is 0.245 e. The molecule has 176 valence electrons. The first kappa shape index (κ1) is 23.3. The van der Waals surface area contributed by atoms with E-state index >= 15 is 0 Å². The average molecular weight is 453 g/mol. The van der Waals surface area contributed by atoms with Crippen LogP contribution in [0.25, 0.3) is 0 Å². The molecular weight excluding hydrogens is 419 g/mol. The molecule has 2 aliphatic rings. The highest BCUT2D eigenvalue weighted by atomic mass is 19.1. The van der Waals surface area contributed by atoms with Crippen molar-refractivity contribution in [1.29, 1.82) is 0 Å². The molecule has 6 heteroatoms. The Labute approximate surface area is 195 Å². The molecule has 0 spiro atoms. The van der Waals surface area contributed by atoms with Crippen molar-refractivity contribution in [3.8, 4) is 11.5 Å². The topological polar surface area (TPSA) is 58.6 Å². The van der Waals surface area contributed by atoms with Gasteiger partial charge < -0.3 is 15.0 Å². The molecule has 0 aromatic heterocycles. The minimum atomic E-state index is -0.464. The third-order valence-corrected chi connectivity index (χ3v) is 7.00. The maximum absolute atomic E-state index is 13.7. The second-order valence-corrected chi connectivity index (χ2v) is 9.28. The van der Waals surface area contributed by atoms with Crippen LogP contribution in [-0.4, -0.2) is 28.8 Å². The lowest BCUT2D eigenvalue weighted by atomic mass is 9.97. The van der Waals surface area contributed by atoms with E-state index in [9.17, 15) is 14.0 Å². The van der Waals surface area contributed by atoms with Crippen molar-refractivity contribution >= 4 is 11.8 Å². The Hall–Kier alpha value is -2.89. The van der Waals surface area contributed by atoms with Gasteiger partial charge >= 0.3 is 0 Å². The minimum Gasteiger partial charge on any atom is -0.457 e. The Morgan fingerprint density at radius 3 is 2.61 bits per heavy atom. The van der Waals surface area contributed by atoms with Crippen LogP contribution >= 0.6 is 0 Å². The summed E-state index contributed by atoms with van der Waals surface area (Å²) in [6.07, 6.45) is 6.30. The Kier molecular flexibility index (Phi) is 7.31. The number of amides is 2. The van der Waals surface area contributed by atoms with Gasteiger partial charge in [-0.15, -0.1) is 0 Å². The van der Waals surface area contributed by atoms with Gasteiger partial charge in [-0.2, -0.15) is 0 Å². The predicted molar refractivity (Wildman–Crippen MR) is 125 cm³/mol. The lowest BCUT2D eigenvalue weighted by Gasteiger charge is -2.36. The van der Waals surface area contributed by atoms with E-state index in [0.29, 0.717) is 17.9 Å². The van der Waals surface area contributed by atoms with Crippen molar-refractivity contribution < 1.29 is 18.7 Å². The quantitative estimate of drug-likeness (QED) is 0.607. The SMILES string of the molecule is CCC(C)C(=O)N[C@H]1CCCC[C@H]2CC[C@@H](c3cccc(Oc4ccc(F)cc4)c3)N2C1=O. The zero-order valence-electron chi connectivity index (χ0n) is 19.4. The summed E-state index contributed by atoms with van der Waals surface area (Å²) >= 11 is 0. The fraction of sp³-hybridized carbons (Fsp3) is 0.481. The number of nitrogens with zero attached hydrogens (tertiary/aromatic N) is 1. The Balaban J connectivity index is 1.55. The second kappa shape index (κ2) is 10.4. The van der Waals surface area contributed by atoms with Gasteiger partial charge in [0.1, 0.15) is 23.4 Å². The number of carbonyl (C=O) groups excluding carboxylic acids is 2. The third-order valence-electron chi connectivity index (χ3n) is 7.00. The first-order valence-electron chi connectivity index (χ1n) is 12.1. The Bertz CT molecular complexity index is 978. The highest BCUT2D eigenvalue weighted by Gasteiger charge is 2.41. The van der Waals surface area contributed by atoms with Crippen LogP contribution in [0.5, 0.6) is 11.5 Å². The van der Waals surface area contributed by atoms with E-state index in [4.69, 9.17) is 4.74 Å². The minimum absolute atomic E-state index is 0.0312. The zero-order valence-corrected chi connectivity index (χ0v) is 19.4. The number of fused-ring (bicyclic) bond motifs is 1. The van der Waals surface area contributed by atoms with Crippen LogP contribution in [0.15, 0.2) is 48.5 Å². The van der Waals surface area contributed by atoms with E-state index in [-0.39, 0.29) is 35.6 Å². The lowest BCUT2D eigenvalue weighted by molar-refractivity contribution is -0.140. The van der Waals surface area contributed by atoms with Crippen LogP contribution in [0.3, 0.4) is 0 Å². The van der Waals surface area contributed by atoms with Gasteiger partial charge in [-0.25, -0.2) is 4.39 Å². The molecule has 0 radical (unpaired) electrons. The van der Waals surface area contributed by atoms with E-state index < -0.39 is 6.04 Å². The van der Waals surface area contributed by atoms with Gasteiger partial charge in [0.25, 0.3) is 0 Å². The molecule has 33 heavy (non-hydrogen) atoms. The highest BCUT2D eigenvalue weighted by Crippen LogP contribution is 2.41. The van der Waals surface area contributed by atoms with Crippen molar-refractivity contribution in [2.24, 2.45) is 5.92 Å². The molecule has 2 heterocycles. The van der Waals surface area contributed by atoms with Crippen LogP contribution in [0.1, 0.15) is 70.4 Å². The van der Waals surface area contributed by atoms with E-state index in [1.165, 1.54) is 12.1 Å². The summed E-state index contributed by atoms with van der Waals surface area (Å²) < 4.78 is 19.1. The molecule has 2 aromatic carbocycles. The molecule has 1 unspecified atom stereocenters. The standard InChI is InChI=1S/C27H33FN2O3/c1-3-18(2)26(31)29-24-10-5-4-8-21-13-16-25(30(21)27(24)32)19-7-6-9-23(17-19)33-22-14-11-20(28)12-15-22/h6-7,9,11-12,14-15,17-18,21,24-25H,3-5,8,10,13,16H2,1-2H3,(H,29,31)/t18?,21-,24-,25-/m0/s1. The van der Waals surface area contributed by atoms with Gasteiger partial charge in [0.2, 0.25) is 11.8 Å². The monoisotopic (exact) mass is 452 g/mol. The summed E-state index contributed by atoms with van der Waals surface area (Å²) in [5.41, 5.74) is 1.03. The lowest BCUT2D eigenvalue weighted by Crippen LogP contribution is -2.52. The van der Waals surface area contributed by atoms with Gasteiger partial charge in [-0.3, -0.25) is 9.59 Å². The number of hydrogen-bond acceptors (Lipinski definition) is 3. The van der Waals surface area contributed by atoms with Crippen molar-refractivity contribution in [3.05, 3.63) is 59.9 Å². The summed E-state index contributed by atoms with van der Waals surface area (Å²) in [6, 6.07) is 13.4. The zero-order chi connectivity index (χ0) is 23.4. The third kappa shape index (κ3) is 5.37. The average Bonchev–Trinajstić information content (AvgIpc) is 3.24. The van der Waals surface area contributed by atoms with E-state index in [2.05, 4.69) is 5.32 Å². The van der Waals surface area contributed by atoms with Gasteiger partial charge in [0.05, 0.1) is 6.04 Å². The second-order valence-electron chi connectivity index (χ2n) is 9.28. The summed E-state index contributed by atoms with van der Waals surface area (Å²) in [4.78, 5) is 28.2. The molecule has 0 aliphatic carbocycles. The predicted octanol–water partition coefficient (Wildman–Crippen LogP) is 5.76. The molecule has 0 saturated carbocycles. The number of hydrogen-bond donors (Lipinski definition) is 1. The van der Waals surface area contributed by atoms with E-state index in [0.717, 1.165) is 44.1 Å². The molecule has 1 N–H and O–H groups in total. The molecule has 5 nitrogen and oxygen atoms in total. The van der Waals surface area contributed by atoms with Gasteiger partial charge in [-0.05, 0) is 74.1 Å². The number of benzene rings is 2. The molecule has 2 fully saturated rings. The Morgan fingerprint density at radius 1 is 1.09 bits per heavy atom. The van der Waals surface area contributed by atoms with Crippen molar-refractivity contribution in [2.45, 2.75) is 76.9 Å². The first-order chi connectivity index (χ1) is 16.0. The number of carbonyl (C=O) groups is 2. The fourth-order valence-electron chi connectivity index (χ4n) is 4.92. The van der Waals surface area contributed by atoms with Crippen molar-refractivity contribution in [3.63, 3.8) is 0 Å². The largest absolute Gasteiger partial charge is 0.457 e. The fourth-order valence-corrected chi connectivity index (χ4v) is 4.92. The highest BCUT2D eigenvalue weighted by molar-refractivity contribution is 5.89. The van der Waals surface area contributed by atoms with Crippen LogP contribution in [0, 0.1) is 11.7 Å². The van der Waals surface area contributed by atoms with E-state index in [1.807, 2.05) is 43.0 Å². The molecule has 0 bridgehead atoms. The normalized spacial score (nSPS) is 23.9. The molecule has 4 rings (SSSR count). The molecule has 2 aromatic rings. The molecule has 4 atom stereocenters. The summed E-state index contributed by atoms with van der Waals surface area (Å²) in [7, 11) is 0. The molecule has 2 aliphatic heterocycles. The molecule has 2 amide bonds. The number of halogens is 1. The van der Waals surface area contributed by atoms with Crippen LogP contribution in [-0.2, 0) is 9.59 Å². The van der Waals surface area contributed by atoms with Crippen molar-refractivity contribution in [1.82, 2.24) is 10.2 Å². The van der Waals surface area contributed by atoms with E-state index in [1.54, 1.807) is 12.1 Å². The first-order valence-corrected chi connectivity index (χ1v) is 12.1. The van der Waals surface area contributed by atoms with Gasteiger partial charge in [0.15, 0.2) is 0 Å². The number of ether oxygens (including phenoxy) is 1. The summed E-state index contributed by atoms with van der Waals surface area (Å²) in [6.45, 7) is 3.88. The summed E-state index contributed by atoms with van der Waals surface area (Å²) in [5, 5.41) is 3.03. The maximum atomic E-state index is 13.7. The Morgan fingerprint density at radius 2 is 1.85 bits per heavy atom. The molecular formula is C27H33FN2O3. The van der Waals surface area contributed by atoms with Gasteiger partial charge in [0, 0.05) is 12.0 Å². The molecule has 2 saturated heterocycles. The number of nitrogens with one attached hydrogen (secondary N) is 1. The van der Waals surface area contributed by atoms with Crippen LogP contribution in [0.2, 0.25) is 0 Å². The maximum Gasteiger partial charge on any atom is 0.245 e.